The predicted molar refractivity (Wildman–Crippen MR) is 254 cm³/mol. The van der Waals surface area contributed by atoms with Crippen LogP contribution in [0.4, 0.5) is 0 Å². The third-order valence-corrected chi connectivity index (χ3v) is 22.1. The van der Waals surface area contributed by atoms with E-state index < -0.39 is 170 Å². The van der Waals surface area contributed by atoms with Gasteiger partial charge in [0.1, 0.15) is 97.5 Å². The van der Waals surface area contributed by atoms with E-state index in [0.29, 0.717) is 38.7 Å². The monoisotopic (exact) mass is 1070 g/mol. The summed E-state index contributed by atoms with van der Waals surface area (Å²) in [6, 6.07) is 0. The lowest BCUT2D eigenvalue weighted by molar-refractivity contribution is -0.394. The molecule has 22 heteroatoms. The molecule has 5 aliphatic carbocycles. The molecule has 0 aromatic carbocycles. The van der Waals surface area contributed by atoms with E-state index in [0.717, 1.165) is 38.4 Å². The van der Waals surface area contributed by atoms with Crippen LogP contribution in [0.2, 0.25) is 0 Å². The number of aliphatic hydroxyl groups excluding tert-OH is 11. The Morgan fingerprint density at radius 3 is 1.85 bits per heavy atom. The fourth-order valence-electron chi connectivity index (χ4n) is 17.3. The van der Waals surface area contributed by atoms with Crippen LogP contribution < -0.4 is 0 Å². The van der Waals surface area contributed by atoms with E-state index in [9.17, 15) is 65.8 Å². The van der Waals surface area contributed by atoms with E-state index in [-0.39, 0.29) is 34.4 Å². The number of Topliss-reactive ketones (excluding diaryl/α,β-unsaturated/α-hetero) is 1. The second kappa shape index (κ2) is 19.9. The zero-order valence-electron chi connectivity index (χ0n) is 44.2. The maximum Gasteiger partial charge on any atom is 0.187 e. The smallest absolute Gasteiger partial charge is 0.187 e. The number of hydrogen-bond donors (Lipinski definition) is 11. The first kappa shape index (κ1) is 56.8. The van der Waals surface area contributed by atoms with Gasteiger partial charge in [-0.05, 0) is 92.8 Å². The lowest BCUT2D eigenvalue weighted by Gasteiger charge is -2.74. The Hall–Kier alpha value is -1.46. The molecule has 10 fully saturated rings. The van der Waals surface area contributed by atoms with Gasteiger partial charge < -0.3 is 104 Å². The molecule has 428 valence electrons. The van der Waals surface area contributed by atoms with Crippen molar-refractivity contribution in [3.05, 3.63) is 0 Å². The minimum Gasteiger partial charge on any atom is -0.394 e. The molecule has 5 saturated heterocycles. The van der Waals surface area contributed by atoms with Crippen LogP contribution in [-0.2, 0) is 52.2 Å². The summed E-state index contributed by atoms with van der Waals surface area (Å²) in [5.41, 5.74) is -3.08. The van der Waals surface area contributed by atoms with Gasteiger partial charge in [0, 0.05) is 23.2 Å². The Morgan fingerprint density at radius 2 is 1.20 bits per heavy atom. The van der Waals surface area contributed by atoms with Crippen molar-refractivity contribution in [3.8, 4) is 0 Å². The minimum atomic E-state index is -1.89. The first-order chi connectivity index (χ1) is 35.2. The van der Waals surface area contributed by atoms with E-state index >= 15 is 0 Å². The van der Waals surface area contributed by atoms with Crippen LogP contribution in [0.25, 0.3) is 0 Å². The number of ketones is 1. The van der Waals surface area contributed by atoms with Gasteiger partial charge >= 0.3 is 0 Å². The third kappa shape index (κ3) is 8.46. The van der Waals surface area contributed by atoms with Crippen LogP contribution in [0.15, 0.2) is 0 Å². The molecule has 5 saturated carbocycles. The summed E-state index contributed by atoms with van der Waals surface area (Å²) in [6.07, 6.45) is -23.5. The number of hydrogen-bond acceptors (Lipinski definition) is 22. The molecule has 29 atom stereocenters. The Kier molecular flexibility index (Phi) is 15.1. The molecular weight excluding hydrogens is 989 g/mol. The van der Waals surface area contributed by atoms with Gasteiger partial charge in [-0.15, -0.1) is 0 Å². The standard InChI is InChI=1S/C53H84O22/c1-23-32(58)36(62)39(65)43(69-23)75-42-38(64)34(60)25(19-55)71-46(42)72-26-20-67-45(41(35(26)61)74-44-40(66)37(63)33(59)24(18-54)70-44)73-31-10-11-49(5)27(47(31,2)3)8-12-50(6)28(49)9-13-53-29-16-48(4,21-56)14-15-52(29,22-68-53)30(57)17-51(50,53)7/h21,23-29,31-46,54-55,58-66H,8-20,22H2,1-7H3/t23-,24+,25+,26-,27+,28+,29-,31-,32-,33+,34+,35-,36+,37-,38-,39+,40+,41+,42+,43-,44-,45-,46-,48-,49-,50+,51-,52+,53-/m0/s1. The molecule has 10 rings (SSSR count). The fraction of sp³-hybridized carbons (Fsp3) is 0.962. The number of aliphatic hydroxyl groups is 11. The maximum absolute atomic E-state index is 14.7. The Bertz CT molecular complexity index is 2100. The highest BCUT2D eigenvalue weighted by Gasteiger charge is 2.80. The summed E-state index contributed by atoms with van der Waals surface area (Å²) in [7, 11) is 0. The van der Waals surface area contributed by atoms with E-state index in [1.165, 1.54) is 6.92 Å². The molecule has 75 heavy (non-hydrogen) atoms. The highest BCUT2D eigenvalue weighted by atomic mass is 16.8. The number of aldehydes is 1. The first-order valence-corrected chi connectivity index (χ1v) is 27.4. The largest absolute Gasteiger partial charge is 0.394 e. The molecule has 11 N–H and O–H groups in total. The molecule has 22 nitrogen and oxygen atoms in total. The Balaban J connectivity index is 0.903. The second-order valence-corrected chi connectivity index (χ2v) is 26.0. The quantitative estimate of drug-likeness (QED) is 0.0847. The Labute approximate surface area is 437 Å². The maximum atomic E-state index is 14.7. The van der Waals surface area contributed by atoms with Gasteiger partial charge in [-0.25, -0.2) is 0 Å². The molecule has 0 aromatic rings. The average Bonchev–Trinajstić information content (AvgIpc) is 3.66. The molecule has 5 aliphatic heterocycles. The van der Waals surface area contributed by atoms with Gasteiger partial charge in [0.2, 0.25) is 0 Å². The summed E-state index contributed by atoms with van der Waals surface area (Å²) in [4.78, 5) is 27.2. The molecule has 1 spiro atoms. The van der Waals surface area contributed by atoms with Crippen LogP contribution in [0.1, 0.15) is 113 Å². The van der Waals surface area contributed by atoms with E-state index in [4.69, 9.17) is 42.6 Å². The van der Waals surface area contributed by atoms with E-state index in [1.807, 2.05) is 6.92 Å². The Morgan fingerprint density at radius 1 is 0.600 bits per heavy atom. The van der Waals surface area contributed by atoms with Crippen molar-refractivity contribution < 1.29 is 108 Å². The second-order valence-electron chi connectivity index (χ2n) is 26.0. The molecule has 5 heterocycles. The van der Waals surface area contributed by atoms with Gasteiger partial charge in [-0.1, -0.05) is 41.5 Å². The summed E-state index contributed by atoms with van der Waals surface area (Å²) < 4.78 is 56.1. The summed E-state index contributed by atoms with van der Waals surface area (Å²) in [6.45, 7) is 13.3. The summed E-state index contributed by atoms with van der Waals surface area (Å²) >= 11 is 0. The lowest BCUT2D eigenvalue weighted by atomic mass is 9.30. The summed E-state index contributed by atoms with van der Waals surface area (Å²) in [5.74, 6) is 0.567. The predicted octanol–water partition coefficient (Wildman–Crippen LogP) is -1.30. The number of fused-ring (bicyclic) bond motifs is 4. The van der Waals surface area contributed by atoms with Crippen molar-refractivity contribution in [1.82, 2.24) is 0 Å². The number of ether oxygens (including phenoxy) is 9. The third-order valence-electron chi connectivity index (χ3n) is 22.1. The van der Waals surface area contributed by atoms with Gasteiger partial charge in [0.25, 0.3) is 0 Å². The molecule has 0 aromatic heterocycles. The van der Waals surface area contributed by atoms with Crippen molar-refractivity contribution in [3.63, 3.8) is 0 Å². The zero-order valence-corrected chi connectivity index (χ0v) is 44.2. The highest BCUT2D eigenvalue weighted by molar-refractivity contribution is 5.89. The topological polar surface area (TPSA) is 340 Å². The number of carbonyl (C=O) groups excluding carboxylic acids is 2. The molecule has 10 aliphatic rings. The van der Waals surface area contributed by atoms with Crippen LogP contribution in [-0.4, -0.2) is 223 Å². The van der Waals surface area contributed by atoms with Crippen LogP contribution in [0.5, 0.6) is 0 Å². The SMILES string of the molecule is C[C@@H]1O[C@@H](O[C@H]2[C@H](O[C@H]3CO[C@@H](O[C@H]4CC[C@@]5(C)[C@H](CC[C@]6(C)[C@@H]5CC[C@]57OC[C@@]8(CC[C@](C)(C=O)C[C@@H]85)C(=O)C[C@]76C)C4(C)C)[C@H](O[C@@H]4O[C@H](CO)[C@@H](O)[C@H](O)[C@H]4O)[C@H]3O)O[C@H](CO)[C@@H](O)[C@@H]2O)[C@H](O)[C@H](O)[C@H]1O. The normalized spacial score (nSPS) is 57.5. The lowest BCUT2D eigenvalue weighted by Crippen LogP contribution is -2.73. The fourth-order valence-corrected chi connectivity index (χ4v) is 17.3. The van der Waals surface area contributed by atoms with Crippen LogP contribution in [0, 0.1) is 50.2 Å². The molecule has 0 radical (unpaired) electrons. The molecule has 2 bridgehead atoms. The van der Waals surface area contributed by atoms with Crippen molar-refractivity contribution in [2.75, 3.05) is 26.4 Å². The van der Waals surface area contributed by atoms with Crippen molar-refractivity contribution >= 4 is 12.1 Å². The molecular formula is C53H84O22. The van der Waals surface area contributed by atoms with Crippen LogP contribution >= 0.6 is 0 Å². The summed E-state index contributed by atoms with van der Waals surface area (Å²) in [5, 5.41) is 119. The van der Waals surface area contributed by atoms with Gasteiger partial charge in [0.15, 0.2) is 25.2 Å². The number of rotatable bonds is 11. The highest BCUT2D eigenvalue weighted by Crippen LogP contribution is 2.80. The van der Waals surface area contributed by atoms with Gasteiger partial charge in [-0.2, -0.15) is 0 Å². The number of carbonyl (C=O) groups is 2. The first-order valence-electron chi connectivity index (χ1n) is 27.4. The zero-order chi connectivity index (χ0) is 54.3. The van der Waals surface area contributed by atoms with Gasteiger partial charge in [0.05, 0.1) is 49.7 Å². The minimum absolute atomic E-state index is 0.0279. The van der Waals surface area contributed by atoms with Crippen molar-refractivity contribution in [1.29, 1.82) is 0 Å². The van der Waals surface area contributed by atoms with Crippen molar-refractivity contribution in [2.24, 2.45) is 50.2 Å². The average molecular weight is 1070 g/mol. The van der Waals surface area contributed by atoms with Crippen LogP contribution in [0.3, 0.4) is 0 Å². The molecule has 0 unspecified atom stereocenters. The van der Waals surface area contributed by atoms with E-state index in [1.54, 1.807) is 0 Å². The van der Waals surface area contributed by atoms with Gasteiger partial charge in [-0.3, -0.25) is 4.79 Å². The van der Waals surface area contributed by atoms with E-state index in [2.05, 4.69) is 34.6 Å². The molecule has 0 amide bonds. The van der Waals surface area contributed by atoms with Crippen molar-refractivity contribution in [2.45, 2.75) is 241 Å².